The van der Waals surface area contributed by atoms with Gasteiger partial charge in [0.1, 0.15) is 5.75 Å². The lowest BCUT2D eigenvalue weighted by molar-refractivity contribution is -0.139. The minimum atomic E-state index is -0.564. The second kappa shape index (κ2) is 9.95. The molecule has 164 valence electrons. The van der Waals surface area contributed by atoms with E-state index in [0.717, 1.165) is 38.3 Å². The first-order valence-electron chi connectivity index (χ1n) is 10.5. The predicted molar refractivity (Wildman–Crippen MR) is 114 cm³/mol. The fraction of sp³-hybridized carbons (Fsp3) is 0.545. The fourth-order valence-corrected chi connectivity index (χ4v) is 3.92. The third kappa shape index (κ3) is 4.76. The highest BCUT2D eigenvalue weighted by Gasteiger charge is 2.37. The second-order valence-electron chi connectivity index (χ2n) is 7.51. The highest BCUT2D eigenvalue weighted by atomic mass is 16.5. The van der Waals surface area contributed by atoms with Crippen molar-refractivity contribution < 1.29 is 19.1 Å². The molecule has 1 fully saturated rings. The number of ether oxygens (including phenoxy) is 2. The third-order valence-corrected chi connectivity index (χ3v) is 5.81. The molecular formula is C22H32N4O4. The maximum Gasteiger partial charge on any atom is 0.338 e. The standard InChI is InChI=1S/C22H32N4O4/c1-5-25-11-13-26(14-12-25)15-18-19(21(27)30-6-2)20(23-22(28)24(18)3)16-7-9-17(29-4)10-8-16/h7-10,20H,5-6,11-15H2,1-4H3,(H,23,28)/t20-/m0/s1. The number of piperazine rings is 1. The van der Waals surface area contributed by atoms with Gasteiger partial charge in [-0.25, -0.2) is 9.59 Å². The summed E-state index contributed by atoms with van der Waals surface area (Å²) >= 11 is 0. The predicted octanol–water partition coefficient (Wildman–Crippen LogP) is 1.85. The molecule has 2 heterocycles. The van der Waals surface area contributed by atoms with Crippen molar-refractivity contribution in [2.24, 2.45) is 0 Å². The van der Waals surface area contributed by atoms with E-state index in [1.807, 2.05) is 24.3 Å². The summed E-state index contributed by atoms with van der Waals surface area (Å²) in [6.45, 7) is 9.55. The van der Waals surface area contributed by atoms with Crippen molar-refractivity contribution in [1.82, 2.24) is 20.0 Å². The zero-order chi connectivity index (χ0) is 21.7. The number of hydrogen-bond donors (Lipinski definition) is 1. The normalized spacial score (nSPS) is 20.9. The number of likely N-dealkylation sites (N-methyl/N-ethyl adjacent to an activating group) is 2. The van der Waals surface area contributed by atoms with Crippen LogP contribution in [0.1, 0.15) is 25.5 Å². The van der Waals surface area contributed by atoms with Crippen molar-refractivity contribution >= 4 is 12.0 Å². The van der Waals surface area contributed by atoms with Crippen LogP contribution < -0.4 is 10.1 Å². The van der Waals surface area contributed by atoms with Gasteiger partial charge >= 0.3 is 12.0 Å². The summed E-state index contributed by atoms with van der Waals surface area (Å²) in [7, 11) is 3.31. The molecular weight excluding hydrogens is 384 g/mol. The number of nitrogens with one attached hydrogen (secondary N) is 1. The lowest BCUT2D eigenvalue weighted by Crippen LogP contribution is -2.52. The molecule has 1 N–H and O–H groups in total. The molecule has 2 amide bonds. The molecule has 30 heavy (non-hydrogen) atoms. The van der Waals surface area contributed by atoms with E-state index in [2.05, 4.69) is 22.0 Å². The van der Waals surface area contributed by atoms with Crippen LogP contribution in [-0.4, -0.2) is 86.7 Å². The molecule has 1 aromatic rings. The van der Waals surface area contributed by atoms with E-state index in [0.29, 0.717) is 23.6 Å². The van der Waals surface area contributed by atoms with E-state index in [1.54, 1.807) is 26.0 Å². The Morgan fingerprint density at radius 2 is 1.73 bits per heavy atom. The molecule has 8 heteroatoms. The summed E-state index contributed by atoms with van der Waals surface area (Å²) in [5.41, 5.74) is 2.00. The Labute approximate surface area is 178 Å². The van der Waals surface area contributed by atoms with Crippen LogP contribution in [-0.2, 0) is 9.53 Å². The van der Waals surface area contributed by atoms with Gasteiger partial charge in [-0.15, -0.1) is 0 Å². The maximum absolute atomic E-state index is 13.0. The fourth-order valence-electron chi connectivity index (χ4n) is 3.92. The van der Waals surface area contributed by atoms with Gasteiger partial charge in [-0.3, -0.25) is 9.80 Å². The Balaban J connectivity index is 1.96. The Morgan fingerprint density at radius 3 is 2.30 bits per heavy atom. The largest absolute Gasteiger partial charge is 0.497 e. The molecule has 0 aliphatic carbocycles. The first-order valence-corrected chi connectivity index (χ1v) is 10.5. The minimum Gasteiger partial charge on any atom is -0.497 e. The molecule has 2 aliphatic heterocycles. The Bertz CT molecular complexity index is 785. The molecule has 1 aromatic carbocycles. The van der Waals surface area contributed by atoms with Crippen LogP contribution in [0.15, 0.2) is 35.5 Å². The lowest BCUT2D eigenvalue weighted by Gasteiger charge is -2.39. The van der Waals surface area contributed by atoms with Gasteiger partial charge < -0.3 is 19.7 Å². The monoisotopic (exact) mass is 416 g/mol. The number of urea groups is 1. The van der Waals surface area contributed by atoms with Gasteiger partial charge in [0.25, 0.3) is 0 Å². The van der Waals surface area contributed by atoms with Gasteiger partial charge in [0, 0.05) is 45.5 Å². The van der Waals surface area contributed by atoms with Crippen LogP contribution in [0.25, 0.3) is 0 Å². The van der Waals surface area contributed by atoms with Crippen molar-refractivity contribution in [3.8, 4) is 5.75 Å². The number of carbonyl (C=O) groups excluding carboxylic acids is 2. The molecule has 8 nitrogen and oxygen atoms in total. The Kier molecular flexibility index (Phi) is 7.33. The summed E-state index contributed by atoms with van der Waals surface area (Å²) < 4.78 is 10.6. The number of benzene rings is 1. The van der Waals surface area contributed by atoms with Crippen molar-refractivity contribution in [2.45, 2.75) is 19.9 Å². The summed E-state index contributed by atoms with van der Waals surface area (Å²) in [5.74, 6) is 0.320. The van der Waals surface area contributed by atoms with Gasteiger partial charge in [0.2, 0.25) is 0 Å². The first-order chi connectivity index (χ1) is 14.5. The molecule has 1 saturated heterocycles. The third-order valence-electron chi connectivity index (χ3n) is 5.81. The summed E-state index contributed by atoms with van der Waals surface area (Å²) in [4.78, 5) is 32.0. The van der Waals surface area contributed by atoms with Gasteiger partial charge in [-0.2, -0.15) is 0 Å². The van der Waals surface area contributed by atoms with Crippen LogP contribution in [0.5, 0.6) is 5.75 Å². The van der Waals surface area contributed by atoms with Gasteiger partial charge in [-0.05, 0) is 31.2 Å². The van der Waals surface area contributed by atoms with Crippen molar-refractivity contribution in [1.29, 1.82) is 0 Å². The number of methoxy groups -OCH3 is 1. The van der Waals surface area contributed by atoms with Crippen LogP contribution in [0.2, 0.25) is 0 Å². The van der Waals surface area contributed by atoms with Crippen molar-refractivity contribution in [2.75, 3.05) is 60.0 Å². The van der Waals surface area contributed by atoms with E-state index in [1.165, 1.54) is 0 Å². The summed E-state index contributed by atoms with van der Waals surface area (Å²) in [6, 6.07) is 6.59. The van der Waals surface area contributed by atoms with Gasteiger partial charge in [0.05, 0.1) is 25.3 Å². The molecule has 0 aromatic heterocycles. The zero-order valence-electron chi connectivity index (χ0n) is 18.3. The minimum absolute atomic E-state index is 0.230. The average molecular weight is 417 g/mol. The molecule has 3 rings (SSSR count). The van der Waals surface area contributed by atoms with E-state index in [4.69, 9.17) is 9.47 Å². The number of carbonyl (C=O) groups is 2. The number of nitrogens with zero attached hydrogens (tertiary/aromatic N) is 3. The molecule has 0 spiro atoms. The molecule has 0 bridgehead atoms. The van der Waals surface area contributed by atoms with Crippen LogP contribution in [0.4, 0.5) is 4.79 Å². The number of amides is 2. The van der Waals surface area contributed by atoms with Crippen LogP contribution in [0.3, 0.4) is 0 Å². The topological polar surface area (TPSA) is 74.4 Å². The molecule has 1 atom stereocenters. The summed E-state index contributed by atoms with van der Waals surface area (Å²) in [5, 5.41) is 2.95. The number of esters is 1. The highest BCUT2D eigenvalue weighted by Crippen LogP contribution is 2.32. The number of hydrogen-bond acceptors (Lipinski definition) is 6. The highest BCUT2D eigenvalue weighted by molar-refractivity contribution is 5.95. The molecule has 0 radical (unpaired) electrons. The zero-order valence-corrected chi connectivity index (χ0v) is 18.3. The van der Waals surface area contributed by atoms with E-state index in [-0.39, 0.29) is 12.6 Å². The van der Waals surface area contributed by atoms with Gasteiger partial charge in [0.15, 0.2) is 0 Å². The maximum atomic E-state index is 13.0. The quantitative estimate of drug-likeness (QED) is 0.684. The van der Waals surface area contributed by atoms with E-state index < -0.39 is 12.0 Å². The average Bonchev–Trinajstić information content (AvgIpc) is 2.77. The van der Waals surface area contributed by atoms with Gasteiger partial charge in [-0.1, -0.05) is 19.1 Å². The Hall–Kier alpha value is -2.58. The first kappa shape index (κ1) is 22.1. The van der Waals surface area contributed by atoms with E-state index >= 15 is 0 Å². The second-order valence-corrected chi connectivity index (χ2v) is 7.51. The van der Waals surface area contributed by atoms with E-state index in [9.17, 15) is 9.59 Å². The van der Waals surface area contributed by atoms with Crippen molar-refractivity contribution in [3.05, 3.63) is 41.1 Å². The lowest BCUT2D eigenvalue weighted by atomic mass is 9.94. The SMILES string of the molecule is CCOC(=O)C1=C(CN2CCN(CC)CC2)N(C)C(=O)N[C@H]1c1ccc(OC)cc1. The summed E-state index contributed by atoms with van der Waals surface area (Å²) in [6.07, 6.45) is 0. The van der Waals surface area contributed by atoms with Crippen molar-refractivity contribution in [3.63, 3.8) is 0 Å². The molecule has 2 aliphatic rings. The van der Waals surface area contributed by atoms with Crippen LogP contribution >= 0.6 is 0 Å². The number of rotatable bonds is 7. The Morgan fingerprint density at radius 1 is 1.10 bits per heavy atom. The van der Waals surface area contributed by atoms with Crippen LogP contribution in [0, 0.1) is 0 Å². The smallest absolute Gasteiger partial charge is 0.338 e. The molecule has 0 saturated carbocycles. The molecule has 0 unspecified atom stereocenters.